The van der Waals surface area contributed by atoms with Gasteiger partial charge >= 0.3 is 0 Å². The van der Waals surface area contributed by atoms with Crippen LogP contribution in [-0.4, -0.2) is 34.1 Å². The number of hydrogen-bond acceptors (Lipinski definition) is 6. The molecule has 0 aliphatic carbocycles. The van der Waals surface area contributed by atoms with E-state index in [0.29, 0.717) is 17.9 Å². The molecule has 6 nitrogen and oxygen atoms in total. The van der Waals surface area contributed by atoms with Gasteiger partial charge in [0.1, 0.15) is 5.78 Å². The van der Waals surface area contributed by atoms with Gasteiger partial charge in [-0.3, -0.25) is 4.79 Å². The molecule has 0 radical (unpaired) electrons. The molecule has 1 aliphatic heterocycles. The van der Waals surface area contributed by atoms with Crippen LogP contribution >= 0.6 is 0 Å². The van der Waals surface area contributed by atoms with Crippen molar-refractivity contribution in [2.45, 2.75) is 19.3 Å². The van der Waals surface area contributed by atoms with Gasteiger partial charge in [-0.2, -0.15) is 10.2 Å². The van der Waals surface area contributed by atoms with E-state index in [1.807, 2.05) is 24.3 Å². The summed E-state index contributed by atoms with van der Waals surface area (Å²) in [6, 6.07) is 7.75. The Morgan fingerprint density at radius 3 is 3.04 bits per heavy atom. The Bertz CT molecular complexity index is 855. The fraction of sp³-hybridized carbons (Fsp3) is 0.333. The van der Waals surface area contributed by atoms with Crippen LogP contribution in [0.4, 0.5) is 0 Å². The van der Waals surface area contributed by atoms with Crippen molar-refractivity contribution in [3.63, 3.8) is 0 Å². The van der Waals surface area contributed by atoms with Crippen LogP contribution in [0.5, 0.6) is 0 Å². The minimum atomic E-state index is 0.0942. The Labute approximate surface area is 139 Å². The van der Waals surface area contributed by atoms with Gasteiger partial charge in [-0.1, -0.05) is 0 Å². The van der Waals surface area contributed by atoms with Crippen molar-refractivity contribution in [3.05, 3.63) is 42.5 Å². The molecule has 1 atom stereocenters. The summed E-state index contributed by atoms with van der Waals surface area (Å²) in [5.41, 5.74) is 2.45. The molecule has 4 rings (SSSR count). The maximum atomic E-state index is 12.4. The average Bonchev–Trinajstić information content (AvgIpc) is 3.16. The highest BCUT2D eigenvalue weighted by Crippen LogP contribution is 2.23. The third-order valence-corrected chi connectivity index (χ3v) is 4.46. The van der Waals surface area contributed by atoms with E-state index in [1.165, 1.54) is 6.39 Å². The molecule has 0 saturated carbocycles. The van der Waals surface area contributed by atoms with Gasteiger partial charge in [0.15, 0.2) is 12.2 Å². The third kappa shape index (κ3) is 3.05. The summed E-state index contributed by atoms with van der Waals surface area (Å²) in [6.45, 7) is 1.78. The standard InChI is InChI=1S/C18H18N4O2/c23-17(13-2-1-5-19-9-13)8-15-7-14-6-12(18-10-20-11-24-18)3-4-16(14)22-21-15/h3-4,6-7,10-11,13,19H,1-2,5,8-9H2/t13-/m1/s1. The van der Waals surface area contributed by atoms with Crippen molar-refractivity contribution in [1.82, 2.24) is 20.5 Å². The van der Waals surface area contributed by atoms with Crippen LogP contribution in [0.2, 0.25) is 0 Å². The molecular weight excluding hydrogens is 304 g/mol. The minimum Gasteiger partial charge on any atom is -0.444 e. The predicted molar refractivity (Wildman–Crippen MR) is 89.3 cm³/mol. The molecule has 1 fully saturated rings. The zero-order valence-electron chi connectivity index (χ0n) is 13.2. The van der Waals surface area contributed by atoms with E-state index in [2.05, 4.69) is 20.5 Å². The molecule has 0 unspecified atom stereocenters. The largest absolute Gasteiger partial charge is 0.444 e. The molecule has 6 heteroatoms. The normalized spacial score (nSPS) is 17.9. The van der Waals surface area contributed by atoms with Gasteiger partial charge in [-0.15, -0.1) is 0 Å². The molecule has 1 saturated heterocycles. The van der Waals surface area contributed by atoms with Crippen LogP contribution in [0.25, 0.3) is 22.2 Å². The van der Waals surface area contributed by atoms with Crippen LogP contribution in [0.3, 0.4) is 0 Å². The molecule has 24 heavy (non-hydrogen) atoms. The molecule has 0 bridgehead atoms. The Hall–Kier alpha value is -2.60. The van der Waals surface area contributed by atoms with E-state index in [4.69, 9.17) is 4.42 Å². The maximum absolute atomic E-state index is 12.4. The van der Waals surface area contributed by atoms with E-state index in [9.17, 15) is 4.79 Å². The summed E-state index contributed by atoms with van der Waals surface area (Å²) in [4.78, 5) is 16.4. The molecule has 122 valence electrons. The first-order valence-electron chi connectivity index (χ1n) is 8.18. The van der Waals surface area contributed by atoms with Crippen LogP contribution in [-0.2, 0) is 11.2 Å². The Kier molecular flexibility index (Phi) is 4.04. The Balaban J connectivity index is 1.58. The lowest BCUT2D eigenvalue weighted by Crippen LogP contribution is -2.35. The van der Waals surface area contributed by atoms with Gasteiger partial charge in [-0.25, -0.2) is 4.98 Å². The lowest BCUT2D eigenvalue weighted by molar-refractivity contribution is -0.122. The fourth-order valence-corrected chi connectivity index (χ4v) is 3.14. The number of hydrogen-bond donors (Lipinski definition) is 1. The number of ketones is 1. The smallest absolute Gasteiger partial charge is 0.181 e. The summed E-state index contributed by atoms with van der Waals surface area (Å²) < 4.78 is 5.33. The topological polar surface area (TPSA) is 80.9 Å². The molecular formula is C18H18N4O2. The van der Waals surface area contributed by atoms with Gasteiger partial charge in [0.25, 0.3) is 0 Å². The summed E-state index contributed by atoms with van der Waals surface area (Å²) in [5, 5.41) is 12.7. The minimum absolute atomic E-state index is 0.0942. The molecule has 2 aromatic heterocycles. The number of rotatable bonds is 4. The van der Waals surface area contributed by atoms with Crippen LogP contribution in [0, 0.1) is 5.92 Å². The van der Waals surface area contributed by atoms with Gasteiger partial charge in [0.2, 0.25) is 0 Å². The number of Topliss-reactive ketones (excluding diaryl/α,β-unsaturated/α-hetero) is 1. The number of fused-ring (bicyclic) bond motifs is 1. The van der Waals surface area contributed by atoms with Crippen molar-refractivity contribution in [2.24, 2.45) is 5.92 Å². The number of nitrogens with one attached hydrogen (secondary N) is 1. The molecule has 1 aliphatic rings. The molecule has 3 heterocycles. The van der Waals surface area contributed by atoms with Gasteiger partial charge in [0.05, 0.1) is 23.8 Å². The lowest BCUT2D eigenvalue weighted by Gasteiger charge is -2.21. The van der Waals surface area contributed by atoms with Gasteiger partial charge < -0.3 is 9.73 Å². The SMILES string of the molecule is O=C(Cc1cc2cc(-c3cnco3)ccc2nn1)[C@@H]1CCCNC1. The number of benzene rings is 1. The molecule has 1 N–H and O–H groups in total. The molecule has 0 spiro atoms. The van der Waals surface area contributed by atoms with Crippen LogP contribution in [0.15, 0.2) is 41.3 Å². The van der Waals surface area contributed by atoms with E-state index in [1.54, 1.807) is 6.20 Å². The van der Waals surface area contributed by atoms with Gasteiger partial charge in [-0.05, 0) is 43.7 Å². The first-order chi connectivity index (χ1) is 11.8. The summed E-state index contributed by atoms with van der Waals surface area (Å²) >= 11 is 0. The fourth-order valence-electron chi connectivity index (χ4n) is 3.14. The van der Waals surface area contributed by atoms with Crippen molar-refractivity contribution in [1.29, 1.82) is 0 Å². The number of carbonyl (C=O) groups is 1. The first-order valence-corrected chi connectivity index (χ1v) is 8.18. The van der Waals surface area contributed by atoms with E-state index in [-0.39, 0.29) is 11.7 Å². The predicted octanol–water partition coefficient (Wildman–Crippen LogP) is 2.40. The average molecular weight is 322 g/mol. The Morgan fingerprint density at radius 2 is 2.25 bits per heavy atom. The maximum Gasteiger partial charge on any atom is 0.181 e. The third-order valence-electron chi connectivity index (χ3n) is 4.46. The molecule has 3 aromatic rings. The van der Waals surface area contributed by atoms with Crippen LogP contribution in [0.1, 0.15) is 18.5 Å². The second kappa shape index (κ2) is 6.49. The number of carbonyl (C=O) groups excluding carboxylic acids is 1. The van der Waals surface area contributed by atoms with Crippen molar-refractivity contribution < 1.29 is 9.21 Å². The zero-order valence-corrected chi connectivity index (χ0v) is 13.2. The van der Waals surface area contributed by atoms with Gasteiger partial charge in [0, 0.05) is 23.4 Å². The monoisotopic (exact) mass is 322 g/mol. The van der Waals surface area contributed by atoms with E-state index >= 15 is 0 Å². The number of piperidine rings is 1. The summed E-state index contributed by atoms with van der Waals surface area (Å²) in [5.74, 6) is 1.04. The highest BCUT2D eigenvalue weighted by atomic mass is 16.3. The van der Waals surface area contributed by atoms with Crippen molar-refractivity contribution >= 4 is 16.7 Å². The summed E-state index contributed by atoms with van der Waals surface area (Å²) in [6.07, 6.45) is 5.44. The second-order valence-corrected chi connectivity index (χ2v) is 6.16. The van der Waals surface area contributed by atoms with Crippen LogP contribution < -0.4 is 5.32 Å². The van der Waals surface area contributed by atoms with Crippen molar-refractivity contribution in [2.75, 3.05) is 13.1 Å². The Morgan fingerprint density at radius 1 is 1.29 bits per heavy atom. The first kappa shape index (κ1) is 15.0. The second-order valence-electron chi connectivity index (χ2n) is 6.16. The van der Waals surface area contributed by atoms with Crippen molar-refractivity contribution in [3.8, 4) is 11.3 Å². The summed E-state index contributed by atoms with van der Waals surface area (Å²) in [7, 11) is 0. The zero-order chi connectivity index (χ0) is 16.4. The van der Waals surface area contributed by atoms with E-state index in [0.717, 1.165) is 42.4 Å². The lowest BCUT2D eigenvalue weighted by atomic mass is 9.92. The number of nitrogens with zero attached hydrogens (tertiary/aromatic N) is 3. The molecule has 1 aromatic carbocycles. The van der Waals surface area contributed by atoms with E-state index < -0.39 is 0 Å². The quantitative estimate of drug-likeness (QED) is 0.794. The highest BCUT2D eigenvalue weighted by Gasteiger charge is 2.21. The molecule has 0 amide bonds. The highest BCUT2D eigenvalue weighted by molar-refractivity contribution is 5.86. The number of oxazole rings is 1. The number of aromatic nitrogens is 3.